The van der Waals surface area contributed by atoms with Crippen LogP contribution in [0.2, 0.25) is 0 Å². The summed E-state index contributed by atoms with van der Waals surface area (Å²) in [5, 5.41) is 3.82. The molecule has 3 unspecified atom stereocenters. The zero-order chi connectivity index (χ0) is 16.0. The second-order valence-corrected chi connectivity index (χ2v) is 8.51. The van der Waals surface area contributed by atoms with Crippen LogP contribution in [0.4, 0.5) is 0 Å². The second kappa shape index (κ2) is 8.79. The molecule has 0 bridgehead atoms. The molecule has 3 heteroatoms. The molecule has 0 aliphatic carbocycles. The largest absolute Gasteiger partial charge is 0.311 e. The monoisotopic (exact) mass is 314 g/mol. The summed E-state index contributed by atoms with van der Waals surface area (Å²) >= 11 is 2.08. The van der Waals surface area contributed by atoms with Gasteiger partial charge in [0.15, 0.2) is 0 Å². The van der Waals surface area contributed by atoms with Crippen LogP contribution in [0.1, 0.15) is 60.8 Å². The van der Waals surface area contributed by atoms with E-state index in [0.29, 0.717) is 16.8 Å². The summed E-state index contributed by atoms with van der Waals surface area (Å²) in [6, 6.07) is 1.35. The SMILES string of the molecule is CCC(C)C1CN(CC(CC)(CC)SC)C(C(C)C)CN1. The Balaban J connectivity index is 2.84. The first-order valence-corrected chi connectivity index (χ1v) is 10.2. The molecule has 3 atom stereocenters. The summed E-state index contributed by atoms with van der Waals surface area (Å²) in [7, 11) is 0. The summed E-state index contributed by atoms with van der Waals surface area (Å²) in [5.74, 6) is 1.50. The van der Waals surface area contributed by atoms with Crippen molar-refractivity contribution in [3.05, 3.63) is 0 Å². The van der Waals surface area contributed by atoms with Gasteiger partial charge in [0, 0.05) is 36.5 Å². The summed E-state index contributed by atoms with van der Waals surface area (Å²) in [6.07, 6.45) is 6.11. The van der Waals surface area contributed by atoms with Gasteiger partial charge < -0.3 is 5.32 Å². The minimum absolute atomic E-state index is 0.435. The number of hydrogen-bond acceptors (Lipinski definition) is 3. The third-order valence-electron chi connectivity index (χ3n) is 5.80. The Morgan fingerprint density at radius 1 is 1.19 bits per heavy atom. The Morgan fingerprint density at radius 2 is 1.81 bits per heavy atom. The average Bonchev–Trinajstić information content (AvgIpc) is 2.51. The molecule has 1 saturated heterocycles. The van der Waals surface area contributed by atoms with Crippen molar-refractivity contribution in [3.8, 4) is 0 Å². The molecule has 1 aliphatic heterocycles. The fraction of sp³-hybridized carbons (Fsp3) is 1.00. The van der Waals surface area contributed by atoms with Crippen LogP contribution in [0, 0.1) is 11.8 Å². The van der Waals surface area contributed by atoms with E-state index in [0.717, 1.165) is 18.4 Å². The lowest BCUT2D eigenvalue weighted by Crippen LogP contribution is -2.62. The zero-order valence-corrected chi connectivity index (χ0v) is 16.2. The molecule has 0 aromatic heterocycles. The number of nitrogens with zero attached hydrogens (tertiary/aromatic N) is 1. The van der Waals surface area contributed by atoms with Crippen LogP contribution < -0.4 is 5.32 Å². The summed E-state index contributed by atoms with van der Waals surface area (Å²) in [4.78, 5) is 2.81. The van der Waals surface area contributed by atoms with E-state index in [2.05, 4.69) is 69.8 Å². The van der Waals surface area contributed by atoms with Crippen molar-refractivity contribution in [3.63, 3.8) is 0 Å². The molecular formula is C18H38N2S. The molecule has 126 valence electrons. The van der Waals surface area contributed by atoms with Crippen molar-refractivity contribution in [1.29, 1.82) is 0 Å². The fourth-order valence-electron chi connectivity index (χ4n) is 3.56. The van der Waals surface area contributed by atoms with Gasteiger partial charge in [-0.05, 0) is 30.9 Å². The average molecular weight is 315 g/mol. The van der Waals surface area contributed by atoms with Crippen LogP contribution in [0.5, 0.6) is 0 Å². The standard InChI is InChI=1S/C18H38N2S/c1-8-15(6)16-12-20(17(11-19-16)14(4)5)13-18(9-2,10-3)21-7/h14-17,19H,8-13H2,1-7H3. The number of nitrogens with one attached hydrogen (secondary N) is 1. The van der Waals surface area contributed by atoms with Gasteiger partial charge in [-0.2, -0.15) is 11.8 Å². The van der Waals surface area contributed by atoms with Gasteiger partial charge in [-0.1, -0.05) is 48.0 Å². The van der Waals surface area contributed by atoms with Crippen molar-refractivity contribution in [1.82, 2.24) is 10.2 Å². The molecule has 2 nitrogen and oxygen atoms in total. The van der Waals surface area contributed by atoms with Gasteiger partial charge in [0.1, 0.15) is 0 Å². The topological polar surface area (TPSA) is 15.3 Å². The summed E-state index contributed by atoms with van der Waals surface area (Å²) in [5.41, 5.74) is 0. The zero-order valence-electron chi connectivity index (χ0n) is 15.4. The molecule has 1 rings (SSSR count). The van der Waals surface area contributed by atoms with Crippen LogP contribution in [-0.4, -0.2) is 47.6 Å². The van der Waals surface area contributed by atoms with Gasteiger partial charge >= 0.3 is 0 Å². The van der Waals surface area contributed by atoms with Crippen molar-refractivity contribution < 1.29 is 0 Å². The van der Waals surface area contributed by atoms with E-state index in [-0.39, 0.29) is 0 Å². The van der Waals surface area contributed by atoms with Crippen molar-refractivity contribution >= 4 is 11.8 Å². The van der Waals surface area contributed by atoms with Gasteiger partial charge in [0.25, 0.3) is 0 Å². The smallest absolute Gasteiger partial charge is 0.0279 e. The maximum absolute atomic E-state index is 3.82. The molecule has 0 saturated carbocycles. The van der Waals surface area contributed by atoms with Crippen molar-refractivity contribution in [2.24, 2.45) is 11.8 Å². The maximum atomic E-state index is 3.82. The fourth-order valence-corrected chi connectivity index (χ4v) is 4.43. The van der Waals surface area contributed by atoms with Crippen LogP contribution >= 0.6 is 11.8 Å². The lowest BCUT2D eigenvalue weighted by Gasteiger charge is -2.47. The number of thioether (sulfide) groups is 1. The third-order valence-corrected chi connectivity index (χ3v) is 7.38. The minimum atomic E-state index is 0.435. The van der Waals surface area contributed by atoms with E-state index in [1.807, 2.05) is 0 Å². The third kappa shape index (κ3) is 4.87. The Bertz CT molecular complexity index is 281. The molecule has 1 fully saturated rings. The minimum Gasteiger partial charge on any atom is -0.311 e. The normalized spacial score (nSPS) is 26.3. The summed E-state index contributed by atoms with van der Waals surface area (Å²) in [6.45, 7) is 17.8. The summed E-state index contributed by atoms with van der Waals surface area (Å²) < 4.78 is 0.435. The van der Waals surface area contributed by atoms with Gasteiger partial charge in [-0.15, -0.1) is 0 Å². The Hall–Kier alpha value is 0.270. The molecule has 0 aromatic carbocycles. The molecular weight excluding hydrogens is 276 g/mol. The van der Waals surface area contributed by atoms with Crippen LogP contribution in [0.15, 0.2) is 0 Å². The van der Waals surface area contributed by atoms with Crippen LogP contribution in [0.25, 0.3) is 0 Å². The molecule has 1 N–H and O–H groups in total. The Labute approximate surface area is 137 Å². The number of rotatable bonds is 8. The van der Waals surface area contributed by atoms with E-state index in [9.17, 15) is 0 Å². The van der Waals surface area contributed by atoms with Crippen molar-refractivity contribution in [2.45, 2.75) is 77.6 Å². The predicted molar refractivity (Wildman–Crippen MR) is 98.3 cm³/mol. The van der Waals surface area contributed by atoms with E-state index in [1.165, 1.54) is 32.4 Å². The molecule has 0 aromatic rings. The first-order valence-electron chi connectivity index (χ1n) is 8.95. The number of piperazine rings is 1. The molecule has 1 aliphatic rings. The van der Waals surface area contributed by atoms with Crippen LogP contribution in [-0.2, 0) is 0 Å². The van der Waals surface area contributed by atoms with Gasteiger partial charge in [0.2, 0.25) is 0 Å². The van der Waals surface area contributed by atoms with Gasteiger partial charge in [0.05, 0.1) is 0 Å². The second-order valence-electron chi connectivity index (χ2n) is 7.24. The lowest BCUT2D eigenvalue weighted by atomic mass is 9.90. The van der Waals surface area contributed by atoms with E-state index < -0.39 is 0 Å². The molecule has 0 amide bonds. The first kappa shape index (κ1) is 19.3. The van der Waals surface area contributed by atoms with Crippen LogP contribution in [0.3, 0.4) is 0 Å². The van der Waals surface area contributed by atoms with Gasteiger partial charge in [-0.3, -0.25) is 4.90 Å². The predicted octanol–water partition coefficient (Wildman–Crippen LogP) is 4.25. The lowest BCUT2D eigenvalue weighted by molar-refractivity contribution is 0.0713. The highest BCUT2D eigenvalue weighted by molar-refractivity contribution is 8.00. The molecule has 21 heavy (non-hydrogen) atoms. The van der Waals surface area contributed by atoms with Crippen molar-refractivity contribution in [2.75, 3.05) is 25.9 Å². The number of hydrogen-bond donors (Lipinski definition) is 1. The van der Waals surface area contributed by atoms with E-state index in [1.54, 1.807) is 0 Å². The first-order chi connectivity index (χ1) is 9.92. The van der Waals surface area contributed by atoms with E-state index >= 15 is 0 Å². The quantitative estimate of drug-likeness (QED) is 0.721. The van der Waals surface area contributed by atoms with Gasteiger partial charge in [-0.25, -0.2) is 0 Å². The van der Waals surface area contributed by atoms with E-state index in [4.69, 9.17) is 0 Å². The Morgan fingerprint density at radius 3 is 2.24 bits per heavy atom. The molecule has 0 radical (unpaired) electrons. The maximum Gasteiger partial charge on any atom is 0.0279 e. The molecule has 0 spiro atoms. The highest BCUT2D eigenvalue weighted by Gasteiger charge is 2.36. The Kier molecular flexibility index (Phi) is 8.08. The highest BCUT2D eigenvalue weighted by atomic mass is 32.2. The molecule has 1 heterocycles. The highest BCUT2D eigenvalue weighted by Crippen LogP contribution is 2.33.